The van der Waals surface area contributed by atoms with Gasteiger partial charge in [0.25, 0.3) is 0 Å². The zero-order valence-electron chi connectivity index (χ0n) is 10.5. The molecule has 1 atom stereocenters. The third kappa shape index (κ3) is 8.89. The molecule has 2 heteroatoms. The Kier molecular flexibility index (Phi) is 8.80. The Hall–Kier alpha value is 0.310. The van der Waals surface area contributed by atoms with Crippen LogP contribution in [-0.4, -0.2) is 23.6 Å². The molecule has 0 aromatic rings. The van der Waals surface area contributed by atoms with Crippen LogP contribution >= 0.6 is 11.8 Å². The fourth-order valence-corrected chi connectivity index (χ4v) is 2.28. The van der Waals surface area contributed by atoms with Gasteiger partial charge in [-0.2, -0.15) is 11.8 Å². The topological polar surface area (TPSA) is 12.0 Å². The Morgan fingerprint density at radius 3 is 2.14 bits per heavy atom. The zero-order chi connectivity index (χ0) is 11.0. The van der Waals surface area contributed by atoms with Gasteiger partial charge in [-0.1, -0.05) is 34.6 Å². The highest BCUT2D eigenvalue weighted by molar-refractivity contribution is 7.99. The van der Waals surface area contributed by atoms with Gasteiger partial charge < -0.3 is 5.32 Å². The number of hydrogen-bond acceptors (Lipinski definition) is 2. The van der Waals surface area contributed by atoms with Crippen LogP contribution in [0, 0.1) is 5.92 Å². The molecule has 0 aliphatic carbocycles. The summed E-state index contributed by atoms with van der Waals surface area (Å²) in [6.45, 7) is 12.5. The van der Waals surface area contributed by atoms with Crippen LogP contribution in [0.25, 0.3) is 0 Å². The quantitative estimate of drug-likeness (QED) is 0.667. The second kappa shape index (κ2) is 8.60. The number of hydrogen-bond donors (Lipinski definition) is 1. The van der Waals surface area contributed by atoms with Gasteiger partial charge >= 0.3 is 0 Å². The van der Waals surface area contributed by atoms with Crippen LogP contribution in [0.4, 0.5) is 0 Å². The van der Waals surface area contributed by atoms with E-state index in [1.54, 1.807) is 0 Å². The van der Waals surface area contributed by atoms with Crippen molar-refractivity contribution in [3.05, 3.63) is 0 Å². The lowest BCUT2D eigenvalue weighted by Gasteiger charge is -2.19. The minimum Gasteiger partial charge on any atom is -0.313 e. The van der Waals surface area contributed by atoms with E-state index in [4.69, 9.17) is 0 Å². The lowest BCUT2D eigenvalue weighted by molar-refractivity contribution is 0.463. The van der Waals surface area contributed by atoms with E-state index < -0.39 is 0 Å². The maximum atomic E-state index is 3.57. The van der Waals surface area contributed by atoms with Crippen molar-refractivity contribution in [3.63, 3.8) is 0 Å². The Balaban J connectivity index is 3.65. The molecule has 0 rings (SSSR count). The molecule has 1 nitrogen and oxygen atoms in total. The first-order valence-electron chi connectivity index (χ1n) is 5.91. The second-order valence-corrected chi connectivity index (χ2v) is 6.22. The van der Waals surface area contributed by atoms with E-state index >= 15 is 0 Å². The fraction of sp³-hybridized carbons (Fsp3) is 1.00. The molecule has 0 saturated heterocycles. The van der Waals surface area contributed by atoms with Crippen molar-refractivity contribution in [2.45, 2.75) is 58.8 Å². The maximum Gasteiger partial charge on any atom is 0.0158 e. The lowest BCUT2D eigenvalue weighted by atomic mass is 10.0. The van der Waals surface area contributed by atoms with Crippen molar-refractivity contribution in [1.29, 1.82) is 0 Å². The summed E-state index contributed by atoms with van der Waals surface area (Å²) in [6, 6.07) is 0.717. The third-order valence-corrected chi connectivity index (χ3v) is 3.48. The largest absolute Gasteiger partial charge is 0.313 e. The third-order valence-electron chi connectivity index (χ3n) is 2.22. The molecule has 1 unspecified atom stereocenters. The summed E-state index contributed by atoms with van der Waals surface area (Å²) in [5.41, 5.74) is 0. The molecule has 0 aliphatic rings. The molecule has 86 valence electrons. The number of thioether (sulfide) groups is 1. The molecular formula is C12H27NS. The Morgan fingerprint density at radius 1 is 1.07 bits per heavy atom. The van der Waals surface area contributed by atoms with Crippen molar-refractivity contribution in [2.75, 3.05) is 12.3 Å². The van der Waals surface area contributed by atoms with Gasteiger partial charge in [-0.05, 0) is 30.6 Å². The predicted octanol–water partition coefficient (Wildman–Crippen LogP) is 3.54. The molecule has 0 heterocycles. The maximum absolute atomic E-state index is 3.57. The molecule has 0 aromatic heterocycles. The van der Waals surface area contributed by atoms with Crippen molar-refractivity contribution >= 4 is 11.8 Å². The van der Waals surface area contributed by atoms with E-state index in [0.29, 0.717) is 0 Å². The minimum absolute atomic E-state index is 0.717. The molecule has 0 fully saturated rings. The molecule has 0 saturated carbocycles. The first-order valence-corrected chi connectivity index (χ1v) is 6.96. The van der Waals surface area contributed by atoms with Crippen LogP contribution in [-0.2, 0) is 0 Å². The number of rotatable bonds is 8. The van der Waals surface area contributed by atoms with Crippen molar-refractivity contribution < 1.29 is 0 Å². The Morgan fingerprint density at radius 2 is 1.71 bits per heavy atom. The smallest absolute Gasteiger partial charge is 0.0158 e. The first-order chi connectivity index (χ1) is 6.56. The van der Waals surface area contributed by atoms with E-state index in [-0.39, 0.29) is 0 Å². The van der Waals surface area contributed by atoms with E-state index in [2.05, 4.69) is 51.7 Å². The summed E-state index contributed by atoms with van der Waals surface area (Å²) < 4.78 is 0. The first kappa shape index (κ1) is 14.3. The summed E-state index contributed by atoms with van der Waals surface area (Å²) in [5.74, 6) is 2.10. The molecular weight excluding hydrogens is 190 g/mol. The number of nitrogens with one attached hydrogen (secondary N) is 1. The fourth-order valence-electron chi connectivity index (χ4n) is 1.38. The Labute approximate surface area is 94.4 Å². The van der Waals surface area contributed by atoms with E-state index in [9.17, 15) is 0 Å². The molecule has 0 radical (unpaired) electrons. The van der Waals surface area contributed by atoms with Crippen LogP contribution in [0.1, 0.15) is 47.5 Å². The van der Waals surface area contributed by atoms with Gasteiger partial charge in [-0.15, -0.1) is 0 Å². The van der Waals surface area contributed by atoms with E-state index in [1.165, 1.54) is 18.6 Å². The van der Waals surface area contributed by atoms with Crippen molar-refractivity contribution in [1.82, 2.24) is 5.32 Å². The summed E-state index contributed by atoms with van der Waals surface area (Å²) in [7, 11) is 0. The molecule has 0 aliphatic heterocycles. The highest BCUT2D eigenvalue weighted by Gasteiger charge is 2.09. The molecule has 14 heavy (non-hydrogen) atoms. The van der Waals surface area contributed by atoms with Gasteiger partial charge in [0.05, 0.1) is 0 Å². The summed E-state index contributed by atoms with van der Waals surface area (Å²) in [6.07, 6.45) is 2.67. The monoisotopic (exact) mass is 217 g/mol. The van der Waals surface area contributed by atoms with Crippen LogP contribution in [0.15, 0.2) is 0 Å². The minimum atomic E-state index is 0.717. The van der Waals surface area contributed by atoms with Crippen LogP contribution in [0.5, 0.6) is 0 Å². The molecule has 0 aromatic carbocycles. The van der Waals surface area contributed by atoms with Gasteiger partial charge in [0.2, 0.25) is 0 Å². The SMILES string of the molecule is CCNC(CCC(C)C)CSC(C)C. The van der Waals surface area contributed by atoms with E-state index in [0.717, 1.165) is 23.8 Å². The summed E-state index contributed by atoms with van der Waals surface area (Å²) in [4.78, 5) is 0. The van der Waals surface area contributed by atoms with Crippen LogP contribution < -0.4 is 5.32 Å². The summed E-state index contributed by atoms with van der Waals surface area (Å²) >= 11 is 2.07. The normalized spacial score (nSPS) is 13.9. The zero-order valence-corrected chi connectivity index (χ0v) is 11.3. The van der Waals surface area contributed by atoms with Gasteiger partial charge in [0.1, 0.15) is 0 Å². The molecule has 0 bridgehead atoms. The average molecular weight is 217 g/mol. The average Bonchev–Trinajstić information content (AvgIpc) is 2.09. The van der Waals surface area contributed by atoms with Gasteiger partial charge in [-0.3, -0.25) is 0 Å². The van der Waals surface area contributed by atoms with Crippen LogP contribution in [0.3, 0.4) is 0 Å². The summed E-state index contributed by atoms with van der Waals surface area (Å²) in [5, 5.41) is 4.33. The highest BCUT2D eigenvalue weighted by atomic mass is 32.2. The molecule has 0 amide bonds. The standard InChI is InChI=1S/C12H27NS/c1-6-13-12(8-7-10(2)3)9-14-11(4)5/h10-13H,6-9H2,1-5H3. The molecule has 1 N–H and O–H groups in total. The Bertz CT molecular complexity index is 111. The van der Waals surface area contributed by atoms with Gasteiger partial charge in [0, 0.05) is 11.8 Å². The predicted molar refractivity (Wildman–Crippen MR) is 69.1 cm³/mol. The van der Waals surface area contributed by atoms with E-state index in [1.807, 2.05) is 0 Å². The van der Waals surface area contributed by atoms with Crippen molar-refractivity contribution in [3.8, 4) is 0 Å². The lowest BCUT2D eigenvalue weighted by Crippen LogP contribution is -2.31. The highest BCUT2D eigenvalue weighted by Crippen LogP contribution is 2.15. The van der Waals surface area contributed by atoms with Gasteiger partial charge in [0.15, 0.2) is 0 Å². The van der Waals surface area contributed by atoms with Gasteiger partial charge in [-0.25, -0.2) is 0 Å². The molecule has 0 spiro atoms. The second-order valence-electron chi connectivity index (χ2n) is 4.61. The van der Waals surface area contributed by atoms with Crippen LogP contribution in [0.2, 0.25) is 0 Å². The van der Waals surface area contributed by atoms with Crippen molar-refractivity contribution in [2.24, 2.45) is 5.92 Å².